The molecule has 0 fully saturated rings. The highest BCUT2D eigenvalue weighted by molar-refractivity contribution is 6.30. The maximum Gasteiger partial charge on any atom is 0.335 e. The predicted molar refractivity (Wildman–Crippen MR) is 117 cm³/mol. The highest BCUT2D eigenvalue weighted by Crippen LogP contribution is 2.26. The number of carbonyl (C=O) groups excluding carboxylic acids is 1. The molecule has 3 N–H and O–H groups in total. The maximum atomic E-state index is 12.4. The number of benzene rings is 2. The van der Waals surface area contributed by atoms with Crippen LogP contribution in [0, 0.1) is 0 Å². The van der Waals surface area contributed by atoms with Crippen LogP contribution in [0.25, 0.3) is 5.69 Å². The summed E-state index contributed by atoms with van der Waals surface area (Å²) in [5.41, 5.74) is -0.393. The molecule has 9 heteroatoms. The minimum absolute atomic E-state index is 0.162. The number of nitrogens with zero attached hydrogens (tertiary/aromatic N) is 2. The first kappa shape index (κ1) is 21.1. The molecule has 1 aromatic heterocycles. The Bertz CT molecular complexity index is 1240. The van der Waals surface area contributed by atoms with Gasteiger partial charge in [-0.3, -0.25) is 19.6 Å². The Morgan fingerprint density at radius 1 is 1.17 bits per heavy atom. The van der Waals surface area contributed by atoms with Crippen LogP contribution in [-0.4, -0.2) is 26.3 Å². The summed E-state index contributed by atoms with van der Waals surface area (Å²) < 4.78 is 0.955. The Morgan fingerprint density at radius 3 is 2.50 bits per heavy atom. The fourth-order valence-electron chi connectivity index (χ4n) is 2.83. The van der Waals surface area contributed by atoms with Crippen molar-refractivity contribution in [3.05, 3.63) is 80.0 Å². The molecule has 3 rings (SSSR count). The van der Waals surface area contributed by atoms with Gasteiger partial charge in [0.1, 0.15) is 5.56 Å². The van der Waals surface area contributed by atoms with Gasteiger partial charge in [-0.15, -0.1) is 0 Å². The Morgan fingerprint density at radius 2 is 1.83 bits per heavy atom. The van der Waals surface area contributed by atoms with Crippen molar-refractivity contribution in [3.63, 3.8) is 0 Å². The lowest BCUT2D eigenvalue weighted by Gasteiger charge is -2.12. The SMILES string of the molecule is CCC(=O)Nc1ccccc1N=C(C)c1c(O)n(-c2ccc(Cl)cc2)c(=O)[nH]c1=O. The van der Waals surface area contributed by atoms with Crippen molar-refractivity contribution in [2.24, 2.45) is 4.99 Å². The third-order valence-electron chi connectivity index (χ3n) is 4.32. The predicted octanol–water partition coefficient (Wildman–Crippen LogP) is 3.37. The molecule has 0 saturated heterocycles. The molecule has 0 radical (unpaired) electrons. The molecule has 1 heterocycles. The van der Waals surface area contributed by atoms with E-state index in [9.17, 15) is 19.5 Å². The van der Waals surface area contributed by atoms with Gasteiger partial charge in [0.25, 0.3) is 5.56 Å². The summed E-state index contributed by atoms with van der Waals surface area (Å²) in [5.74, 6) is -0.741. The van der Waals surface area contributed by atoms with E-state index in [-0.39, 0.29) is 17.2 Å². The molecule has 0 atom stereocenters. The largest absolute Gasteiger partial charge is 0.493 e. The van der Waals surface area contributed by atoms with E-state index in [2.05, 4.69) is 15.3 Å². The van der Waals surface area contributed by atoms with Gasteiger partial charge in [-0.05, 0) is 43.3 Å². The van der Waals surface area contributed by atoms with E-state index in [1.807, 2.05) is 0 Å². The number of halogens is 1. The molecule has 0 aliphatic rings. The van der Waals surface area contributed by atoms with Crippen LogP contribution >= 0.6 is 11.6 Å². The lowest BCUT2D eigenvalue weighted by Crippen LogP contribution is -2.32. The summed E-state index contributed by atoms with van der Waals surface area (Å²) in [4.78, 5) is 43.1. The Kier molecular flexibility index (Phi) is 6.17. The highest BCUT2D eigenvalue weighted by Gasteiger charge is 2.18. The van der Waals surface area contributed by atoms with Crippen LogP contribution in [0.15, 0.2) is 63.1 Å². The van der Waals surface area contributed by atoms with Crippen LogP contribution in [0.2, 0.25) is 5.02 Å². The molecule has 0 saturated carbocycles. The first-order valence-electron chi connectivity index (χ1n) is 9.10. The average molecular weight is 427 g/mol. The zero-order valence-electron chi connectivity index (χ0n) is 16.3. The van der Waals surface area contributed by atoms with Crippen LogP contribution in [0.5, 0.6) is 5.88 Å². The Balaban J connectivity index is 2.14. The van der Waals surface area contributed by atoms with Crippen molar-refractivity contribution < 1.29 is 9.90 Å². The van der Waals surface area contributed by atoms with Crippen molar-refractivity contribution in [1.29, 1.82) is 0 Å². The topological polar surface area (TPSA) is 117 Å². The van der Waals surface area contributed by atoms with Crippen molar-refractivity contribution in [2.45, 2.75) is 20.3 Å². The first-order chi connectivity index (χ1) is 14.3. The summed E-state index contributed by atoms with van der Waals surface area (Å²) in [6.07, 6.45) is 0.295. The minimum atomic E-state index is -0.799. The van der Waals surface area contributed by atoms with E-state index in [1.165, 1.54) is 19.1 Å². The second-order valence-electron chi connectivity index (χ2n) is 6.39. The van der Waals surface area contributed by atoms with Crippen molar-refractivity contribution in [3.8, 4) is 11.6 Å². The number of aromatic hydroxyl groups is 1. The van der Waals surface area contributed by atoms with Crippen LogP contribution in [0.4, 0.5) is 11.4 Å². The molecule has 30 heavy (non-hydrogen) atoms. The number of rotatable bonds is 5. The molecule has 0 spiro atoms. The minimum Gasteiger partial charge on any atom is -0.493 e. The number of anilines is 1. The van der Waals surface area contributed by atoms with Gasteiger partial charge in [-0.2, -0.15) is 0 Å². The van der Waals surface area contributed by atoms with E-state index >= 15 is 0 Å². The molecule has 0 unspecified atom stereocenters. The van der Waals surface area contributed by atoms with Gasteiger partial charge in [0, 0.05) is 11.4 Å². The van der Waals surface area contributed by atoms with E-state index in [0.29, 0.717) is 28.5 Å². The molecular weight excluding hydrogens is 408 g/mol. The number of hydrogen-bond donors (Lipinski definition) is 3. The number of H-pyrrole nitrogens is 1. The van der Waals surface area contributed by atoms with Gasteiger partial charge in [-0.1, -0.05) is 30.7 Å². The number of amides is 1. The number of carbonyl (C=O) groups is 1. The van der Waals surface area contributed by atoms with E-state index in [1.54, 1.807) is 43.3 Å². The number of hydrogen-bond acceptors (Lipinski definition) is 5. The first-order valence-corrected chi connectivity index (χ1v) is 9.48. The third-order valence-corrected chi connectivity index (χ3v) is 4.57. The smallest absolute Gasteiger partial charge is 0.335 e. The number of para-hydroxylation sites is 2. The lowest BCUT2D eigenvalue weighted by molar-refractivity contribution is -0.115. The van der Waals surface area contributed by atoms with Gasteiger partial charge in [0.2, 0.25) is 11.8 Å². The Hall–Kier alpha value is -3.65. The second kappa shape index (κ2) is 8.79. The van der Waals surface area contributed by atoms with Gasteiger partial charge >= 0.3 is 5.69 Å². The average Bonchev–Trinajstić information content (AvgIpc) is 2.70. The quantitative estimate of drug-likeness (QED) is 0.542. The van der Waals surface area contributed by atoms with E-state index in [4.69, 9.17) is 11.6 Å². The second-order valence-corrected chi connectivity index (χ2v) is 6.82. The van der Waals surface area contributed by atoms with Crippen LogP contribution in [0.1, 0.15) is 25.8 Å². The van der Waals surface area contributed by atoms with Crippen molar-refractivity contribution in [1.82, 2.24) is 9.55 Å². The normalized spacial score (nSPS) is 11.4. The third kappa shape index (κ3) is 4.33. The molecule has 1 amide bonds. The summed E-state index contributed by atoms with van der Waals surface area (Å²) >= 11 is 5.88. The van der Waals surface area contributed by atoms with Crippen LogP contribution in [-0.2, 0) is 4.79 Å². The molecule has 3 aromatic rings. The molecule has 0 aliphatic carbocycles. The molecule has 0 bridgehead atoms. The van der Waals surface area contributed by atoms with E-state index < -0.39 is 17.1 Å². The van der Waals surface area contributed by atoms with Crippen molar-refractivity contribution in [2.75, 3.05) is 5.32 Å². The molecule has 2 aromatic carbocycles. The number of aromatic nitrogens is 2. The van der Waals surface area contributed by atoms with Gasteiger partial charge in [0.05, 0.1) is 22.8 Å². The number of aliphatic imine (C=N–C) groups is 1. The van der Waals surface area contributed by atoms with E-state index in [0.717, 1.165) is 4.57 Å². The number of nitrogens with one attached hydrogen (secondary N) is 2. The molecular formula is C21H19ClN4O4. The van der Waals surface area contributed by atoms with Gasteiger partial charge in [0.15, 0.2) is 0 Å². The van der Waals surface area contributed by atoms with Crippen LogP contribution in [0.3, 0.4) is 0 Å². The van der Waals surface area contributed by atoms with Crippen LogP contribution < -0.4 is 16.6 Å². The highest BCUT2D eigenvalue weighted by atomic mass is 35.5. The fraction of sp³-hybridized carbons (Fsp3) is 0.143. The van der Waals surface area contributed by atoms with Gasteiger partial charge < -0.3 is 10.4 Å². The molecule has 8 nitrogen and oxygen atoms in total. The Labute approximate surface area is 176 Å². The summed E-state index contributed by atoms with van der Waals surface area (Å²) in [6.45, 7) is 3.25. The standard InChI is InChI=1S/C21H19ClN4O4/c1-3-17(27)24-16-7-5-4-6-15(16)23-12(2)18-19(28)25-21(30)26(20(18)29)14-10-8-13(22)9-11-14/h4-11,29H,3H2,1-2H3,(H,24,27)(H,25,28,30). The zero-order chi connectivity index (χ0) is 21.8. The summed E-state index contributed by atoms with van der Waals surface area (Å²) in [6, 6.07) is 13.0. The summed E-state index contributed by atoms with van der Waals surface area (Å²) in [5, 5.41) is 13.9. The maximum absolute atomic E-state index is 12.4. The molecule has 154 valence electrons. The lowest BCUT2D eigenvalue weighted by atomic mass is 10.2. The number of aromatic amines is 1. The summed E-state index contributed by atoms with van der Waals surface area (Å²) in [7, 11) is 0. The molecule has 0 aliphatic heterocycles. The van der Waals surface area contributed by atoms with Gasteiger partial charge in [-0.25, -0.2) is 9.36 Å². The fourth-order valence-corrected chi connectivity index (χ4v) is 2.96. The zero-order valence-corrected chi connectivity index (χ0v) is 17.0. The van der Waals surface area contributed by atoms with Crippen molar-refractivity contribution >= 4 is 34.6 Å². The monoisotopic (exact) mass is 426 g/mol.